The Bertz CT molecular complexity index is 1390. The number of hydrogen-bond donors (Lipinski definition) is 4. The SMILES string of the molecule is CN(C)C1CCN(C(=O)c2ccc(NC(=S)Nc3ccc(C(=N)/N=C(\c4ccc[nH]4)N4CCOCC4)cc3)cc2)CC1. The Balaban J connectivity index is 1.15. The summed E-state index contributed by atoms with van der Waals surface area (Å²) in [7, 11) is 4.19. The normalized spacial score (nSPS) is 16.4. The molecule has 0 unspecified atom stereocenters. The molecule has 5 rings (SSSR count). The van der Waals surface area contributed by atoms with Crippen LogP contribution in [0, 0.1) is 5.41 Å². The highest BCUT2D eigenvalue weighted by molar-refractivity contribution is 7.80. The third kappa shape index (κ3) is 7.41. The van der Waals surface area contributed by atoms with E-state index in [0.717, 1.165) is 61.9 Å². The summed E-state index contributed by atoms with van der Waals surface area (Å²) in [5, 5.41) is 15.4. The van der Waals surface area contributed by atoms with E-state index in [1.54, 1.807) is 0 Å². The number of rotatable bonds is 6. The number of piperidine rings is 1. The van der Waals surface area contributed by atoms with Crippen molar-refractivity contribution in [3.05, 3.63) is 83.7 Å². The van der Waals surface area contributed by atoms with Crippen molar-refractivity contribution in [2.75, 3.05) is 64.1 Å². The molecule has 42 heavy (non-hydrogen) atoms. The molecule has 2 saturated heterocycles. The molecule has 10 nitrogen and oxygen atoms in total. The van der Waals surface area contributed by atoms with Gasteiger partial charge in [-0.1, -0.05) is 0 Å². The maximum Gasteiger partial charge on any atom is 0.253 e. The molecule has 11 heteroatoms. The van der Waals surface area contributed by atoms with Gasteiger partial charge in [-0.05, 0) is 99.8 Å². The van der Waals surface area contributed by atoms with Crippen LogP contribution in [0.15, 0.2) is 71.9 Å². The number of nitrogens with one attached hydrogen (secondary N) is 4. The van der Waals surface area contributed by atoms with E-state index in [1.807, 2.05) is 71.8 Å². The van der Waals surface area contributed by atoms with Crippen LogP contribution in [0.5, 0.6) is 0 Å². The summed E-state index contributed by atoms with van der Waals surface area (Å²) in [6.07, 6.45) is 3.85. The number of aromatic nitrogens is 1. The molecule has 3 aromatic rings. The molecule has 1 amide bonds. The summed E-state index contributed by atoms with van der Waals surface area (Å²) in [6.45, 7) is 4.30. The third-order valence-electron chi connectivity index (χ3n) is 7.66. The fourth-order valence-electron chi connectivity index (χ4n) is 5.19. The summed E-state index contributed by atoms with van der Waals surface area (Å²) in [5.41, 5.74) is 3.83. The molecule has 2 aliphatic rings. The maximum absolute atomic E-state index is 12.9. The number of benzene rings is 2. The van der Waals surface area contributed by atoms with Gasteiger partial charge in [0.15, 0.2) is 16.8 Å². The first-order chi connectivity index (χ1) is 20.4. The lowest BCUT2D eigenvalue weighted by atomic mass is 10.0. The second kappa shape index (κ2) is 13.7. The van der Waals surface area contributed by atoms with Gasteiger partial charge in [0.1, 0.15) is 0 Å². The number of carbonyl (C=O) groups is 1. The Morgan fingerprint density at radius 1 is 0.929 bits per heavy atom. The van der Waals surface area contributed by atoms with Crippen molar-refractivity contribution >= 4 is 46.3 Å². The Morgan fingerprint density at radius 2 is 1.52 bits per heavy atom. The van der Waals surface area contributed by atoms with Crippen LogP contribution in [0.3, 0.4) is 0 Å². The number of aromatic amines is 1. The van der Waals surface area contributed by atoms with Crippen molar-refractivity contribution in [3.8, 4) is 0 Å². The molecule has 2 aromatic carbocycles. The number of carbonyl (C=O) groups excluding carboxylic acids is 1. The molecule has 0 aliphatic carbocycles. The molecule has 0 atom stereocenters. The Labute approximate surface area is 252 Å². The zero-order valence-corrected chi connectivity index (χ0v) is 24.9. The number of amides is 1. The fourth-order valence-corrected chi connectivity index (χ4v) is 5.42. The average molecular weight is 587 g/mol. The quantitative estimate of drug-likeness (QED) is 0.196. The summed E-state index contributed by atoms with van der Waals surface area (Å²) in [4.78, 5) is 27.1. The first-order valence-electron chi connectivity index (χ1n) is 14.3. The van der Waals surface area contributed by atoms with Crippen molar-refractivity contribution in [2.45, 2.75) is 18.9 Å². The molecule has 0 spiro atoms. The molecule has 0 radical (unpaired) electrons. The number of anilines is 2. The molecule has 0 bridgehead atoms. The highest BCUT2D eigenvalue weighted by Gasteiger charge is 2.24. The van der Waals surface area contributed by atoms with Gasteiger partial charge in [-0.3, -0.25) is 10.2 Å². The van der Waals surface area contributed by atoms with E-state index < -0.39 is 0 Å². The van der Waals surface area contributed by atoms with E-state index in [0.29, 0.717) is 35.5 Å². The minimum atomic E-state index is 0.0689. The zero-order valence-electron chi connectivity index (χ0n) is 24.1. The van der Waals surface area contributed by atoms with Crippen LogP contribution in [-0.2, 0) is 4.74 Å². The van der Waals surface area contributed by atoms with Gasteiger partial charge >= 0.3 is 0 Å². The molecule has 2 aliphatic heterocycles. The van der Waals surface area contributed by atoms with Crippen LogP contribution in [-0.4, -0.2) is 102 Å². The van der Waals surface area contributed by atoms with E-state index >= 15 is 0 Å². The fraction of sp³-hybridized carbons (Fsp3) is 0.355. The summed E-state index contributed by atoms with van der Waals surface area (Å²) in [5.74, 6) is 0.983. The van der Waals surface area contributed by atoms with E-state index in [2.05, 4.69) is 44.5 Å². The lowest BCUT2D eigenvalue weighted by Gasteiger charge is -2.35. The summed E-state index contributed by atoms with van der Waals surface area (Å²) >= 11 is 5.51. The second-order valence-corrected chi connectivity index (χ2v) is 11.1. The molecule has 4 N–H and O–H groups in total. The number of hydrogen-bond acceptors (Lipinski definition) is 5. The topological polar surface area (TPSA) is 112 Å². The van der Waals surface area contributed by atoms with Crippen molar-refractivity contribution < 1.29 is 9.53 Å². The number of aliphatic imine (C=N–C) groups is 1. The predicted octanol–water partition coefficient (Wildman–Crippen LogP) is 4.09. The van der Waals surface area contributed by atoms with E-state index in [1.165, 1.54) is 0 Å². The number of ether oxygens (including phenoxy) is 1. The molecule has 2 fully saturated rings. The largest absolute Gasteiger partial charge is 0.378 e. The molecular weight excluding hydrogens is 548 g/mol. The first-order valence-corrected chi connectivity index (χ1v) is 14.7. The van der Waals surface area contributed by atoms with Crippen molar-refractivity contribution in [2.24, 2.45) is 4.99 Å². The number of likely N-dealkylation sites (tertiary alicyclic amines) is 1. The maximum atomic E-state index is 12.9. The molecule has 220 valence electrons. The lowest BCUT2D eigenvalue weighted by Crippen LogP contribution is -2.44. The third-order valence-corrected chi connectivity index (χ3v) is 7.86. The van der Waals surface area contributed by atoms with Gasteiger partial charge in [0, 0.05) is 60.9 Å². The minimum absolute atomic E-state index is 0.0689. The first kappa shape index (κ1) is 29.4. The Hall–Kier alpha value is -4.06. The van der Waals surface area contributed by atoms with Crippen LogP contribution >= 0.6 is 12.2 Å². The zero-order chi connectivity index (χ0) is 29.5. The van der Waals surface area contributed by atoms with Gasteiger partial charge in [0.25, 0.3) is 5.91 Å². The molecule has 3 heterocycles. The van der Waals surface area contributed by atoms with Gasteiger partial charge in [-0.15, -0.1) is 0 Å². The number of amidine groups is 2. The number of nitrogens with zero attached hydrogens (tertiary/aromatic N) is 4. The van der Waals surface area contributed by atoms with Crippen LogP contribution in [0.25, 0.3) is 0 Å². The molecule has 0 saturated carbocycles. The van der Waals surface area contributed by atoms with Gasteiger partial charge < -0.3 is 35.1 Å². The lowest BCUT2D eigenvalue weighted by molar-refractivity contribution is 0.0663. The van der Waals surface area contributed by atoms with Crippen LogP contribution in [0.4, 0.5) is 11.4 Å². The van der Waals surface area contributed by atoms with Crippen molar-refractivity contribution in [3.63, 3.8) is 0 Å². The molecule has 1 aromatic heterocycles. The summed E-state index contributed by atoms with van der Waals surface area (Å²) < 4.78 is 5.49. The minimum Gasteiger partial charge on any atom is -0.378 e. The standard InChI is InChI=1S/C31H38N8O2S/c1-37(2)26-13-16-39(17-14-26)30(40)23-7-11-25(12-8-23)35-31(42)34-24-9-5-22(6-10-24)28(32)36-29(27-4-3-15-33-27)38-18-20-41-21-19-38/h3-12,15,26,32-33H,13-14,16-21H2,1-2H3,(H2,34,35,42)/b32-28?,36-29+. The van der Waals surface area contributed by atoms with E-state index in [4.69, 9.17) is 22.4 Å². The van der Waals surface area contributed by atoms with E-state index in [-0.39, 0.29) is 11.7 Å². The van der Waals surface area contributed by atoms with Crippen molar-refractivity contribution in [1.82, 2.24) is 19.7 Å². The van der Waals surface area contributed by atoms with Gasteiger partial charge in [-0.2, -0.15) is 0 Å². The van der Waals surface area contributed by atoms with E-state index in [9.17, 15) is 4.79 Å². The predicted molar refractivity (Wildman–Crippen MR) is 172 cm³/mol. The summed E-state index contributed by atoms with van der Waals surface area (Å²) in [6, 6.07) is 19.3. The van der Waals surface area contributed by atoms with Crippen LogP contribution in [0.2, 0.25) is 0 Å². The van der Waals surface area contributed by atoms with Gasteiger partial charge in [-0.25, -0.2) is 4.99 Å². The Morgan fingerprint density at radius 3 is 2.07 bits per heavy atom. The number of thiocarbonyl (C=S) groups is 1. The Kier molecular flexibility index (Phi) is 9.63. The number of H-pyrrole nitrogens is 1. The highest BCUT2D eigenvalue weighted by atomic mass is 32.1. The highest BCUT2D eigenvalue weighted by Crippen LogP contribution is 2.19. The van der Waals surface area contributed by atoms with Gasteiger partial charge in [0.05, 0.1) is 18.9 Å². The van der Waals surface area contributed by atoms with Crippen LogP contribution < -0.4 is 10.6 Å². The monoisotopic (exact) mass is 586 g/mol. The van der Waals surface area contributed by atoms with Gasteiger partial charge in [0.2, 0.25) is 0 Å². The number of morpholine rings is 1. The second-order valence-electron chi connectivity index (χ2n) is 10.7. The average Bonchev–Trinajstić information content (AvgIpc) is 3.55. The van der Waals surface area contributed by atoms with Crippen molar-refractivity contribution in [1.29, 1.82) is 5.41 Å². The van der Waals surface area contributed by atoms with Crippen LogP contribution in [0.1, 0.15) is 34.5 Å². The molecular formula is C31H38N8O2S. The smallest absolute Gasteiger partial charge is 0.253 e.